The highest BCUT2D eigenvalue weighted by atomic mass is 16.5. The largest absolute Gasteiger partial charge is 0.494 e. The van der Waals surface area contributed by atoms with E-state index < -0.39 is 0 Å². The smallest absolute Gasteiger partial charge is 0.255 e. The topological polar surface area (TPSA) is 44.8 Å². The number of carbonyl (C=O) groups excluding carboxylic acids is 1. The number of hydrogen-bond donors (Lipinski definition) is 1. The average molecular weight is 353 g/mol. The molecule has 1 fully saturated rings. The first kappa shape index (κ1) is 18.3. The molecule has 0 bridgehead atoms. The Labute approximate surface area is 155 Å². The van der Waals surface area contributed by atoms with Gasteiger partial charge in [0, 0.05) is 43.1 Å². The Morgan fingerprint density at radius 1 is 1.04 bits per heavy atom. The van der Waals surface area contributed by atoms with Gasteiger partial charge in [-0.2, -0.15) is 0 Å². The van der Waals surface area contributed by atoms with Gasteiger partial charge in [0.15, 0.2) is 0 Å². The van der Waals surface area contributed by atoms with Gasteiger partial charge in [0.2, 0.25) is 0 Å². The van der Waals surface area contributed by atoms with Crippen molar-refractivity contribution >= 4 is 17.3 Å². The molecule has 1 N–H and O–H groups in total. The van der Waals surface area contributed by atoms with Gasteiger partial charge in [0.05, 0.1) is 6.61 Å². The standard InChI is InChI=1S/C21H27N3O2/c1-3-23-12-14-24(15-13-23)19-10-8-18(9-11-19)22-21(25)17-6-5-7-20(16-17)26-4-2/h5-11,16H,3-4,12-15H2,1-2H3,(H,22,25). The molecule has 0 saturated carbocycles. The molecule has 0 radical (unpaired) electrons. The number of anilines is 2. The Hall–Kier alpha value is -2.53. The van der Waals surface area contributed by atoms with Crippen LogP contribution in [0.2, 0.25) is 0 Å². The molecule has 0 spiro atoms. The Bertz CT molecular complexity index is 722. The van der Waals surface area contributed by atoms with E-state index in [4.69, 9.17) is 4.74 Å². The molecule has 1 amide bonds. The lowest BCUT2D eigenvalue weighted by atomic mass is 10.2. The van der Waals surface area contributed by atoms with Crippen molar-refractivity contribution in [3.8, 4) is 5.75 Å². The number of piperazine rings is 1. The van der Waals surface area contributed by atoms with Crippen LogP contribution in [0.5, 0.6) is 5.75 Å². The van der Waals surface area contributed by atoms with Crippen LogP contribution in [-0.4, -0.2) is 50.1 Å². The van der Waals surface area contributed by atoms with E-state index >= 15 is 0 Å². The molecule has 5 heteroatoms. The van der Waals surface area contributed by atoms with Crippen molar-refractivity contribution in [2.45, 2.75) is 13.8 Å². The van der Waals surface area contributed by atoms with Crippen LogP contribution in [0.15, 0.2) is 48.5 Å². The van der Waals surface area contributed by atoms with Crippen LogP contribution in [0.25, 0.3) is 0 Å². The monoisotopic (exact) mass is 353 g/mol. The molecule has 1 aliphatic heterocycles. The second-order valence-corrected chi connectivity index (χ2v) is 6.38. The maximum atomic E-state index is 12.4. The van der Waals surface area contributed by atoms with E-state index in [1.165, 1.54) is 5.69 Å². The highest BCUT2D eigenvalue weighted by Gasteiger charge is 2.15. The lowest BCUT2D eigenvalue weighted by Gasteiger charge is -2.35. The maximum absolute atomic E-state index is 12.4. The molecular formula is C21H27N3O2. The van der Waals surface area contributed by atoms with Crippen molar-refractivity contribution in [1.29, 1.82) is 0 Å². The molecule has 138 valence electrons. The van der Waals surface area contributed by atoms with Crippen LogP contribution in [0.3, 0.4) is 0 Å². The van der Waals surface area contributed by atoms with Gasteiger partial charge in [0.25, 0.3) is 5.91 Å². The number of ether oxygens (including phenoxy) is 1. The summed E-state index contributed by atoms with van der Waals surface area (Å²) in [7, 11) is 0. The Balaban J connectivity index is 1.60. The molecule has 1 saturated heterocycles. The summed E-state index contributed by atoms with van der Waals surface area (Å²) in [6.45, 7) is 10.1. The number of benzene rings is 2. The molecule has 26 heavy (non-hydrogen) atoms. The summed E-state index contributed by atoms with van der Waals surface area (Å²) < 4.78 is 5.46. The number of rotatable bonds is 6. The van der Waals surface area contributed by atoms with Crippen molar-refractivity contribution in [2.24, 2.45) is 0 Å². The van der Waals surface area contributed by atoms with Gasteiger partial charge < -0.3 is 19.9 Å². The van der Waals surface area contributed by atoms with E-state index in [9.17, 15) is 4.79 Å². The number of amides is 1. The molecule has 0 atom stereocenters. The fraction of sp³-hybridized carbons (Fsp3) is 0.381. The zero-order valence-corrected chi connectivity index (χ0v) is 15.6. The molecule has 3 rings (SSSR count). The van der Waals surface area contributed by atoms with Crippen LogP contribution < -0.4 is 15.0 Å². The minimum atomic E-state index is -0.129. The van der Waals surface area contributed by atoms with Gasteiger partial charge in [-0.05, 0) is 55.9 Å². The first-order valence-electron chi connectivity index (χ1n) is 9.31. The SMILES string of the molecule is CCOc1cccc(C(=O)Nc2ccc(N3CCN(CC)CC3)cc2)c1. The average Bonchev–Trinajstić information content (AvgIpc) is 2.69. The first-order valence-corrected chi connectivity index (χ1v) is 9.31. The summed E-state index contributed by atoms with van der Waals surface area (Å²) in [5.74, 6) is 0.581. The summed E-state index contributed by atoms with van der Waals surface area (Å²) in [5.41, 5.74) is 2.60. The number of nitrogens with one attached hydrogen (secondary N) is 1. The maximum Gasteiger partial charge on any atom is 0.255 e. The minimum Gasteiger partial charge on any atom is -0.494 e. The molecule has 1 aliphatic rings. The number of likely N-dealkylation sites (N-methyl/N-ethyl adjacent to an activating group) is 1. The predicted molar refractivity (Wildman–Crippen MR) is 106 cm³/mol. The fourth-order valence-electron chi connectivity index (χ4n) is 3.17. The fourth-order valence-corrected chi connectivity index (χ4v) is 3.17. The van der Waals surface area contributed by atoms with Gasteiger partial charge in [-0.15, -0.1) is 0 Å². The van der Waals surface area contributed by atoms with Crippen molar-refractivity contribution in [1.82, 2.24) is 4.90 Å². The van der Waals surface area contributed by atoms with Gasteiger partial charge in [-0.3, -0.25) is 4.79 Å². The van der Waals surface area contributed by atoms with Crippen LogP contribution in [0.4, 0.5) is 11.4 Å². The minimum absolute atomic E-state index is 0.129. The van der Waals surface area contributed by atoms with Gasteiger partial charge in [0.1, 0.15) is 5.75 Å². The molecular weight excluding hydrogens is 326 g/mol. The number of nitrogens with zero attached hydrogens (tertiary/aromatic N) is 2. The van der Waals surface area contributed by atoms with E-state index in [-0.39, 0.29) is 5.91 Å². The summed E-state index contributed by atoms with van der Waals surface area (Å²) in [6, 6.07) is 15.3. The van der Waals surface area contributed by atoms with E-state index in [1.807, 2.05) is 31.2 Å². The van der Waals surface area contributed by atoms with Crippen molar-refractivity contribution in [3.63, 3.8) is 0 Å². The lowest BCUT2D eigenvalue weighted by Crippen LogP contribution is -2.46. The molecule has 5 nitrogen and oxygen atoms in total. The molecule has 0 unspecified atom stereocenters. The van der Waals surface area contributed by atoms with Crippen LogP contribution in [0, 0.1) is 0 Å². The second kappa shape index (κ2) is 8.72. The van der Waals surface area contributed by atoms with E-state index in [0.29, 0.717) is 17.9 Å². The van der Waals surface area contributed by atoms with Crippen LogP contribution >= 0.6 is 0 Å². The summed E-state index contributed by atoms with van der Waals surface area (Å²) in [4.78, 5) is 17.3. The van der Waals surface area contributed by atoms with E-state index in [1.54, 1.807) is 12.1 Å². The predicted octanol–water partition coefficient (Wildman–Crippen LogP) is 3.48. The molecule has 2 aromatic carbocycles. The molecule has 0 aliphatic carbocycles. The number of carbonyl (C=O) groups is 1. The van der Waals surface area contributed by atoms with Gasteiger partial charge in [-0.25, -0.2) is 0 Å². The Kier molecular flexibility index (Phi) is 6.12. The lowest BCUT2D eigenvalue weighted by molar-refractivity contribution is 0.102. The third-order valence-corrected chi connectivity index (χ3v) is 4.72. The Morgan fingerprint density at radius 3 is 2.42 bits per heavy atom. The summed E-state index contributed by atoms with van der Waals surface area (Å²) in [6.07, 6.45) is 0. The van der Waals surface area contributed by atoms with E-state index in [0.717, 1.165) is 38.4 Å². The highest BCUT2D eigenvalue weighted by Crippen LogP contribution is 2.20. The van der Waals surface area contributed by atoms with Crippen molar-refractivity contribution in [3.05, 3.63) is 54.1 Å². The normalized spacial score (nSPS) is 14.9. The van der Waals surface area contributed by atoms with Crippen molar-refractivity contribution < 1.29 is 9.53 Å². The first-order chi connectivity index (χ1) is 12.7. The number of hydrogen-bond acceptors (Lipinski definition) is 4. The Morgan fingerprint density at radius 2 is 1.77 bits per heavy atom. The molecule has 2 aromatic rings. The van der Waals surface area contributed by atoms with Crippen molar-refractivity contribution in [2.75, 3.05) is 49.5 Å². The quantitative estimate of drug-likeness (QED) is 0.864. The third-order valence-electron chi connectivity index (χ3n) is 4.72. The van der Waals surface area contributed by atoms with Crippen LogP contribution in [0.1, 0.15) is 24.2 Å². The zero-order chi connectivity index (χ0) is 18.4. The molecule has 1 heterocycles. The van der Waals surface area contributed by atoms with Crippen LogP contribution in [-0.2, 0) is 0 Å². The van der Waals surface area contributed by atoms with E-state index in [2.05, 4.69) is 34.2 Å². The highest BCUT2D eigenvalue weighted by molar-refractivity contribution is 6.04. The van der Waals surface area contributed by atoms with Gasteiger partial charge >= 0.3 is 0 Å². The molecule has 0 aromatic heterocycles. The third kappa shape index (κ3) is 4.55. The summed E-state index contributed by atoms with van der Waals surface area (Å²) in [5, 5.41) is 2.95. The zero-order valence-electron chi connectivity index (χ0n) is 15.6. The van der Waals surface area contributed by atoms with Gasteiger partial charge in [-0.1, -0.05) is 13.0 Å². The second-order valence-electron chi connectivity index (χ2n) is 6.38. The summed E-state index contributed by atoms with van der Waals surface area (Å²) >= 11 is 0.